The molecule has 2 rings (SSSR count). The van der Waals surface area contributed by atoms with Crippen LogP contribution in [0.5, 0.6) is 0 Å². The van der Waals surface area contributed by atoms with Crippen molar-refractivity contribution in [1.29, 1.82) is 0 Å². The van der Waals surface area contributed by atoms with Crippen molar-refractivity contribution in [3.63, 3.8) is 0 Å². The van der Waals surface area contributed by atoms with Gasteiger partial charge in [0.15, 0.2) is 0 Å². The van der Waals surface area contributed by atoms with E-state index in [-0.39, 0.29) is 12.3 Å². The SMILES string of the molecule is O=C(CC1(O)CCCCC1)NCC1(O)CCC1. The van der Waals surface area contributed by atoms with E-state index in [4.69, 9.17) is 0 Å². The van der Waals surface area contributed by atoms with Crippen molar-refractivity contribution in [3.8, 4) is 0 Å². The van der Waals surface area contributed by atoms with E-state index in [1.165, 1.54) is 0 Å². The van der Waals surface area contributed by atoms with Crippen LogP contribution in [0.25, 0.3) is 0 Å². The standard InChI is InChI=1S/C13H23NO3/c15-11(14-10-13(17)7-4-8-13)9-12(16)5-2-1-3-6-12/h16-17H,1-10H2,(H,14,15). The lowest BCUT2D eigenvalue weighted by atomic mass is 9.80. The molecule has 2 fully saturated rings. The number of amides is 1. The molecule has 0 spiro atoms. The highest BCUT2D eigenvalue weighted by Gasteiger charge is 2.36. The van der Waals surface area contributed by atoms with Crippen LogP contribution in [0.3, 0.4) is 0 Å². The Kier molecular flexibility index (Phi) is 3.73. The number of aliphatic hydroxyl groups is 2. The first-order valence-corrected chi connectivity index (χ1v) is 6.73. The molecule has 2 aliphatic carbocycles. The molecule has 0 aromatic carbocycles. The van der Waals surface area contributed by atoms with Gasteiger partial charge in [0, 0.05) is 6.54 Å². The van der Waals surface area contributed by atoms with E-state index in [0.29, 0.717) is 6.54 Å². The lowest BCUT2D eigenvalue weighted by molar-refractivity contribution is -0.129. The summed E-state index contributed by atoms with van der Waals surface area (Å²) in [6, 6.07) is 0. The van der Waals surface area contributed by atoms with Gasteiger partial charge in [-0.05, 0) is 32.1 Å². The molecule has 3 N–H and O–H groups in total. The van der Waals surface area contributed by atoms with Gasteiger partial charge < -0.3 is 15.5 Å². The molecule has 0 radical (unpaired) electrons. The molecule has 1 amide bonds. The molecule has 98 valence electrons. The normalized spacial score (nSPS) is 26.0. The molecule has 2 aliphatic rings. The monoisotopic (exact) mass is 241 g/mol. The van der Waals surface area contributed by atoms with E-state index in [1.54, 1.807) is 0 Å². The van der Waals surface area contributed by atoms with Crippen LogP contribution in [-0.4, -0.2) is 33.9 Å². The highest BCUT2D eigenvalue weighted by molar-refractivity contribution is 5.77. The molecule has 0 aromatic heterocycles. The van der Waals surface area contributed by atoms with Gasteiger partial charge in [0.2, 0.25) is 5.91 Å². The predicted molar refractivity (Wildman–Crippen MR) is 64.5 cm³/mol. The summed E-state index contributed by atoms with van der Waals surface area (Å²) in [5, 5.41) is 22.8. The summed E-state index contributed by atoms with van der Waals surface area (Å²) in [6.45, 7) is 0.335. The fourth-order valence-corrected chi connectivity index (χ4v) is 2.77. The third-order valence-corrected chi connectivity index (χ3v) is 4.17. The Labute approximate surface area is 102 Å². The molecular weight excluding hydrogens is 218 g/mol. The van der Waals surface area contributed by atoms with E-state index in [2.05, 4.69) is 5.32 Å². The quantitative estimate of drug-likeness (QED) is 0.690. The Morgan fingerprint density at radius 3 is 2.06 bits per heavy atom. The van der Waals surface area contributed by atoms with Crippen molar-refractivity contribution in [2.24, 2.45) is 0 Å². The average molecular weight is 241 g/mol. The Bertz CT molecular complexity index is 280. The van der Waals surface area contributed by atoms with Gasteiger partial charge in [-0.1, -0.05) is 19.3 Å². The summed E-state index contributed by atoms with van der Waals surface area (Å²) < 4.78 is 0. The zero-order valence-electron chi connectivity index (χ0n) is 10.4. The van der Waals surface area contributed by atoms with Crippen molar-refractivity contribution in [3.05, 3.63) is 0 Å². The van der Waals surface area contributed by atoms with Crippen molar-refractivity contribution < 1.29 is 15.0 Å². The van der Waals surface area contributed by atoms with E-state index in [9.17, 15) is 15.0 Å². The predicted octanol–water partition coefficient (Wildman–Crippen LogP) is 1.10. The number of hydrogen-bond donors (Lipinski definition) is 3. The second-order valence-corrected chi connectivity index (χ2v) is 5.82. The third kappa shape index (κ3) is 3.42. The number of rotatable bonds is 4. The summed E-state index contributed by atoms with van der Waals surface area (Å²) >= 11 is 0. The lowest BCUT2D eigenvalue weighted by Gasteiger charge is -2.37. The summed E-state index contributed by atoms with van der Waals surface area (Å²) in [5.41, 5.74) is -1.48. The smallest absolute Gasteiger partial charge is 0.222 e. The highest BCUT2D eigenvalue weighted by atomic mass is 16.3. The van der Waals surface area contributed by atoms with Gasteiger partial charge in [-0.15, -0.1) is 0 Å². The Morgan fingerprint density at radius 1 is 0.941 bits per heavy atom. The first-order chi connectivity index (χ1) is 8.02. The van der Waals surface area contributed by atoms with Crippen LogP contribution in [0, 0.1) is 0 Å². The second-order valence-electron chi connectivity index (χ2n) is 5.82. The van der Waals surface area contributed by atoms with Crippen molar-refractivity contribution in [2.45, 2.75) is 69.0 Å². The third-order valence-electron chi connectivity index (χ3n) is 4.17. The van der Waals surface area contributed by atoms with Gasteiger partial charge >= 0.3 is 0 Å². The van der Waals surface area contributed by atoms with Gasteiger partial charge in [-0.2, -0.15) is 0 Å². The molecule has 4 heteroatoms. The van der Waals surface area contributed by atoms with Crippen LogP contribution in [0.1, 0.15) is 57.8 Å². The molecule has 4 nitrogen and oxygen atoms in total. The van der Waals surface area contributed by atoms with Crippen LogP contribution in [0.15, 0.2) is 0 Å². The minimum atomic E-state index is -0.801. The maximum atomic E-state index is 11.7. The molecule has 0 bridgehead atoms. The van der Waals surface area contributed by atoms with Crippen LogP contribution < -0.4 is 5.32 Å². The Morgan fingerprint density at radius 2 is 1.53 bits per heavy atom. The Hall–Kier alpha value is -0.610. The van der Waals surface area contributed by atoms with E-state index >= 15 is 0 Å². The van der Waals surface area contributed by atoms with Crippen molar-refractivity contribution >= 4 is 5.91 Å². The fourth-order valence-electron chi connectivity index (χ4n) is 2.77. The number of hydrogen-bond acceptors (Lipinski definition) is 3. The van der Waals surface area contributed by atoms with E-state index < -0.39 is 11.2 Å². The first kappa shape index (κ1) is 12.8. The lowest BCUT2D eigenvalue weighted by Crippen LogP contribution is -2.49. The van der Waals surface area contributed by atoms with Gasteiger partial charge in [0.05, 0.1) is 17.6 Å². The molecule has 0 saturated heterocycles. The summed E-state index contributed by atoms with van der Waals surface area (Å²) in [7, 11) is 0. The number of nitrogens with one attached hydrogen (secondary N) is 1. The van der Waals surface area contributed by atoms with Gasteiger partial charge in [-0.25, -0.2) is 0 Å². The van der Waals surface area contributed by atoms with Crippen LogP contribution in [0.2, 0.25) is 0 Å². The largest absolute Gasteiger partial charge is 0.389 e. The Balaban J connectivity index is 1.72. The average Bonchev–Trinajstić information content (AvgIpc) is 2.24. The van der Waals surface area contributed by atoms with E-state index in [1.807, 2.05) is 0 Å². The molecule has 0 aromatic rings. The molecule has 2 saturated carbocycles. The second kappa shape index (κ2) is 4.94. The molecule has 17 heavy (non-hydrogen) atoms. The van der Waals surface area contributed by atoms with Gasteiger partial charge in [-0.3, -0.25) is 4.79 Å². The maximum absolute atomic E-state index is 11.7. The fraction of sp³-hybridized carbons (Fsp3) is 0.923. The zero-order valence-corrected chi connectivity index (χ0v) is 10.4. The van der Waals surface area contributed by atoms with E-state index in [0.717, 1.165) is 51.4 Å². The van der Waals surface area contributed by atoms with Gasteiger partial charge in [0.1, 0.15) is 0 Å². The molecule has 0 unspecified atom stereocenters. The van der Waals surface area contributed by atoms with Crippen LogP contribution >= 0.6 is 0 Å². The molecular formula is C13H23NO3. The highest BCUT2D eigenvalue weighted by Crippen LogP contribution is 2.32. The minimum Gasteiger partial charge on any atom is -0.389 e. The van der Waals surface area contributed by atoms with Crippen molar-refractivity contribution in [2.75, 3.05) is 6.54 Å². The van der Waals surface area contributed by atoms with Crippen molar-refractivity contribution in [1.82, 2.24) is 5.32 Å². The minimum absolute atomic E-state index is 0.130. The first-order valence-electron chi connectivity index (χ1n) is 6.73. The molecule has 0 heterocycles. The summed E-state index contributed by atoms with van der Waals surface area (Å²) in [5.74, 6) is -0.130. The van der Waals surface area contributed by atoms with Crippen LogP contribution in [0.4, 0.5) is 0 Å². The van der Waals surface area contributed by atoms with Crippen LogP contribution in [-0.2, 0) is 4.79 Å². The topological polar surface area (TPSA) is 69.6 Å². The zero-order chi connectivity index (χ0) is 12.4. The number of carbonyl (C=O) groups is 1. The van der Waals surface area contributed by atoms with Gasteiger partial charge in [0.25, 0.3) is 0 Å². The number of carbonyl (C=O) groups excluding carboxylic acids is 1. The molecule has 0 aliphatic heterocycles. The summed E-state index contributed by atoms with van der Waals surface area (Å²) in [6.07, 6.45) is 7.40. The maximum Gasteiger partial charge on any atom is 0.222 e. The summed E-state index contributed by atoms with van der Waals surface area (Å²) in [4.78, 5) is 11.7. The molecule has 0 atom stereocenters.